The largest absolute Gasteiger partial charge is 0.342 e. The molecule has 19 heavy (non-hydrogen) atoms. The molecule has 0 atom stereocenters. The summed E-state index contributed by atoms with van der Waals surface area (Å²) in [5.41, 5.74) is 1.15. The Kier molecular flexibility index (Phi) is 5.78. The zero-order chi connectivity index (χ0) is 13.3. The third-order valence-corrected chi connectivity index (χ3v) is 3.58. The molecule has 0 aliphatic heterocycles. The molecule has 0 radical (unpaired) electrons. The number of thioether (sulfide) groups is 1. The van der Waals surface area contributed by atoms with Crippen LogP contribution in [0.4, 0.5) is 4.39 Å². The predicted molar refractivity (Wildman–Crippen MR) is 74.3 cm³/mol. The van der Waals surface area contributed by atoms with Crippen molar-refractivity contribution < 1.29 is 9.71 Å². The normalized spacial score (nSPS) is 10.6. The van der Waals surface area contributed by atoms with Gasteiger partial charge in [-0.1, -0.05) is 23.9 Å². The van der Waals surface area contributed by atoms with Crippen molar-refractivity contribution in [3.05, 3.63) is 54.1 Å². The highest BCUT2D eigenvalue weighted by Crippen LogP contribution is 2.11. The number of rotatable bonds is 7. The summed E-state index contributed by atoms with van der Waals surface area (Å²) in [4.78, 5) is 8.32. The van der Waals surface area contributed by atoms with Crippen molar-refractivity contribution in [1.82, 2.24) is 9.97 Å². The Morgan fingerprint density at radius 2 is 1.84 bits per heavy atom. The monoisotopic (exact) mass is 278 g/mol. The molecule has 0 amide bonds. The summed E-state index contributed by atoms with van der Waals surface area (Å²) in [7, 11) is 0. The number of halogens is 1. The van der Waals surface area contributed by atoms with Gasteiger partial charge in [-0.25, -0.2) is 14.4 Å². The highest BCUT2D eigenvalue weighted by atomic mass is 32.2. The average Bonchev–Trinajstić information content (AvgIpc) is 2.46. The van der Waals surface area contributed by atoms with Gasteiger partial charge in [0.2, 0.25) is 0 Å². The third-order valence-electron chi connectivity index (χ3n) is 2.62. The molecule has 2 N–H and O–H groups in total. The van der Waals surface area contributed by atoms with Crippen LogP contribution in [-0.2, 0) is 6.54 Å². The number of quaternary nitrogens is 1. The van der Waals surface area contributed by atoms with Gasteiger partial charge in [-0.15, -0.1) is 0 Å². The topological polar surface area (TPSA) is 42.4 Å². The van der Waals surface area contributed by atoms with E-state index >= 15 is 0 Å². The second-order valence-electron chi connectivity index (χ2n) is 4.14. The Balaban J connectivity index is 1.56. The van der Waals surface area contributed by atoms with E-state index in [1.807, 2.05) is 18.2 Å². The maximum absolute atomic E-state index is 12.7. The van der Waals surface area contributed by atoms with Gasteiger partial charge >= 0.3 is 0 Å². The molecular formula is C14H17FN3S+. The standard InChI is InChI=1S/C14H16FN3S/c15-13-5-3-12(4-6-13)11-16-7-2-10-19-14-17-8-1-9-18-14/h1,3-6,8-9,16H,2,7,10-11H2/p+1. The lowest BCUT2D eigenvalue weighted by atomic mass is 10.2. The second-order valence-corrected chi connectivity index (χ2v) is 5.20. The first-order valence-corrected chi connectivity index (χ1v) is 7.29. The average molecular weight is 278 g/mol. The van der Waals surface area contributed by atoms with Gasteiger partial charge in [0.05, 0.1) is 6.54 Å². The third kappa shape index (κ3) is 5.36. The van der Waals surface area contributed by atoms with Gasteiger partial charge in [0.1, 0.15) is 12.4 Å². The van der Waals surface area contributed by atoms with E-state index in [1.165, 1.54) is 12.1 Å². The molecule has 1 aromatic heterocycles. The van der Waals surface area contributed by atoms with Crippen LogP contribution in [0, 0.1) is 5.82 Å². The Hall–Kier alpha value is -1.46. The minimum absolute atomic E-state index is 0.178. The van der Waals surface area contributed by atoms with Gasteiger partial charge in [0.25, 0.3) is 0 Å². The van der Waals surface area contributed by atoms with E-state index in [2.05, 4.69) is 15.3 Å². The van der Waals surface area contributed by atoms with Crippen LogP contribution in [-0.4, -0.2) is 22.3 Å². The molecule has 0 aliphatic carbocycles. The fourth-order valence-corrected chi connectivity index (χ4v) is 2.40. The lowest BCUT2D eigenvalue weighted by Crippen LogP contribution is -2.82. The number of hydrogen-bond acceptors (Lipinski definition) is 3. The Morgan fingerprint density at radius 3 is 2.58 bits per heavy atom. The van der Waals surface area contributed by atoms with E-state index in [0.717, 1.165) is 36.0 Å². The van der Waals surface area contributed by atoms with E-state index in [1.54, 1.807) is 24.2 Å². The van der Waals surface area contributed by atoms with E-state index in [4.69, 9.17) is 0 Å². The van der Waals surface area contributed by atoms with Crippen LogP contribution >= 0.6 is 11.8 Å². The van der Waals surface area contributed by atoms with Crippen LogP contribution in [0.1, 0.15) is 12.0 Å². The number of nitrogens with zero attached hydrogens (tertiary/aromatic N) is 2. The molecule has 0 unspecified atom stereocenters. The summed E-state index contributed by atoms with van der Waals surface area (Å²) >= 11 is 1.68. The summed E-state index contributed by atoms with van der Waals surface area (Å²) in [5.74, 6) is 0.840. The molecule has 2 rings (SSSR count). The summed E-state index contributed by atoms with van der Waals surface area (Å²) in [6, 6.07) is 8.49. The highest BCUT2D eigenvalue weighted by molar-refractivity contribution is 7.99. The number of nitrogens with two attached hydrogens (primary N) is 1. The van der Waals surface area contributed by atoms with Crippen molar-refractivity contribution in [3.63, 3.8) is 0 Å². The van der Waals surface area contributed by atoms with Crippen molar-refractivity contribution in [1.29, 1.82) is 0 Å². The molecule has 100 valence electrons. The zero-order valence-corrected chi connectivity index (χ0v) is 11.4. The quantitative estimate of drug-likeness (QED) is 0.477. The number of hydrogen-bond donors (Lipinski definition) is 1. The molecule has 5 heteroatoms. The van der Waals surface area contributed by atoms with E-state index in [0.29, 0.717) is 0 Å². The molecule has 0 fully saturated rings. The van der Waals surface area contributed by atoms with Crippen LogP contribution in [0.2, 0.25) is 0 Å². The van der Waals surface area contributed by atoms with Gasteiger partial charge < -0.3 is 5.32 Å². The maximum atomic E-state index is 12.7. The van der Waals surface area contributed by atoms with Crippen LogP contribution in [0.3, 0.4) is 0 Å². The Labute approximate surface area is 116 Å². The summed E-state index contributed by atoms with van der Waals surface area (Å²) in [5, 5.41) is 3.07. The van der Waals surface area contributed by atoms with Crippen LogP contribution in [0.5, 0.6) is 0 Å². The molecule has 0 bridgehead atoms. The molecule has 0 aliphatic rings. The van der Waals surface area contributed by atoms with Crippen molar-refractivity contribution >= 4 is 11.8 Å². The minimum atomic E-state index is -0.178. The first-order chi connectivity index (χ1) is 9.34. The summed E-state index contributed by atoms with van der Waals surface area (Å²) in [6.07, 6.45) is 4.62. The Bertz CT molecular complexity index is 476. The van der Waals surface area contributed by atoms with E-state index in [-0.39, 0.29) is 5.82 Å². The Morgan fingerprint density at radius 1 is 1.11 bits per heavy atom. The summed E-state index contributed by atoms with van der Waals surface area (Å²) < 4.78 is 12.7. The first-order valence-electron chi connectivity index (χ1n) is 6.30. The van der Waals surface area contributed by atoms with Crippen LogP contribution in [0.25, 0.3) is 0 Å². The van der Waals surface area contributed by atoms with Crippen molar-refractivity contribution in [2.24, 2.45) is 0 Å². The van der Waals surface area contributed by atoms with Gasteiger partial charge in [-0.2, -0.15) is 0 Å². The smallest absolute Gasteiger partial charge is 0.187 e. The SMILES string of the molecule is Fc1ccc(C[NH2+]CCCSc2ncccn2)cc1. The van der Waals surface area contributed by atoms with Gasteiger partial charge in [0.15, 0.2) is 5.16 Å². The zero-order valence-electron chi connectivity index (χ0n) is 10.6. The minimum Gasteiger partial charge on any atom is -0.342 e. The molecule has 3 nitrogen and oxygen atoms in total. The fraction of sp³-hybridized carbons (Fsp3) is 0.286. The van der Waals surface area contributed by atoms with Gasteiger partial charge in [-0.05, 0) is 18.2 Å². The molecular weight excluding hydrogens is 261 g/mol. The van der Waals surface area contributed by atoms with Crippen LogP contribution in [0.15, 0.2) is 47.9 Å². The molecule has 2 aromatic rings. The van der Waals surface area contributed by atoms with Crippen molar-refractivity contribution in [3.8, 4) is 0 Å². The maximum Gasteiger partial charge on any atom is 0.187 e. The highest BCUT2D eigenvalue weighted by Gasteiger charge is 1.98. The fourth-order valence-electron chi connectivity index (χ4n) is 1.64. The second kappa shape index (κ2) is 7.86. The number of aromatic nitrogens is 2. The van der Waals surface area contributed by atoms with Crippen LogP contribution < -0.4 is 5.32 Å². The molecule has 0 saturated carbocycles. The van der Waals surface area contributed by atoms with Gasteiger partial charge in [-0.3, -0.25) is 0 Å². The predicted octanol–water partition coefficient (Wildman–Crippen LogP) is 1.86. The van der Waals surface area contributed by atoms with E-state index < -0.39 is 0 Å². The first kappa shape index (κ1) is 14.0. The lowest BCUT2D eigenvalue weighted by Gasteiger charge is -2.02. The molecule has 0 spiro atoms. The molecule has 0 saturated heterocycles. The lowest BCUT2D eigenvalue weighted by molar-refractivity contribution is -0.670. The molecule has 1 aromatic carbocycles. The van der Waals surface area contributed by atoms with Crippen molar-refractivity contribution in [2.75, 3.05) is 12.3 Å². The number of benzene rings is 1. The van der Waals surface area contributed by atoms with Gasteiger partial charge in [0, 0.05) is 30.1 Å². The van der Waals surface area contributed by atoms with Crippen molar-refractivity contribution in [2.45, 2.75) is 18.1 Å². The van der Waals surface area contributed by atoms with E-state index in [9.17, 15) is 4.39 Å². The molecule has 1 heterocycles. The summed E-state index contributed by atoms with van der Waals surface area (Å²) in [6.45, 7) is 1.95.